The van der Waals surface area contributed by atoms with Gasteiger partial charge >= 0.3 is 11.4 Å². The number of anilines is 1. The molecule has 0 aliphatic heterocycles. The summed E-state index contributed by atoms with van der Waals surface area (Å²) in [4.78, 5) is 30.1. The number of hydrogen-bond acceptors (Lipinski definition) is 8. The van der Waals surface area contributed by atoms with Crippen molar-refractivity contribution in [3.05, 3.63) is 26.8 Å². The molecule has 2 aromatic heterocycles. The second kappa shape index (κ2) is 5.16. The zero-order chi connectivity index (χ0) is 15.0. The first-order chi connectivity index (χ1) is 10.1. The van der Waals surface area contributed by atoms with E-state index in [1.54, 1.807) is 7.05 Å². The summed E-state index contributed by atoms with van der Waals surface area (Å²) >= 11 is 0.976. The molecule has 0 atom stereocenters. The summed E-state index contributed by atoms with van der Waals surface area (Å²) in [7, 11) is 1.62. The zero-order valence-electron chi connectivity index (χ0n) is 10.9. The minimum Gasteiger partial charge on any atom is -0.357 e. The third kappa shape index (κ3) is 2.59. The van der Waals surface area contributed by atoms with Crippen molar-refractivity contribution in [3.8, 4) is 0 Å². The van der Waals surface area contributed by atoms with Gasteiger partial charge in [0.1, 0.15) is 6.20 Å². The SMILES string of the molecule is CNc1ncc([N+](=O)[O-])c(Sc2n[nH]c(=O)n2C2CC2)n1. The van der Waals surface area contributed by atoms with Crippen LogP contribution in [0.5, 0.6) is 0 Å². The quantitative estimate of drug-likeness (QED) is 0.471. The van der Waals surface area contributed by atoms with Gasteiger partial charge in [-0.15, -0.1) is 5.10 Å². The van der Waals surface area contributed by atoms with Crippen molar-refractivity contribution >= 4 is 23.4 Å². The van der Waals surface area contributed by atoms with Crippen molar-refractivity contribution in [2.75, 3.05) is 12.4 Å². The average Bonchev–Trinajstić information content (AvgIpc) is 3.23. The number of hydrogen-bond donors (Lipinski definition) is 2. The first-order valence-electron chi connectivity index (χ1n) is 6.14. The molecule has 110 valence electrons. The Morgan fingerprint density at radius 1 is 1.57 bits per heavy atom. The van der Waals surface area contributed by atoms with Crippen LogP contribution in [0.4, 0.5) is 11.6 Å². The van der Waals surface area contributed by atoms with E-state index in [0.717, 1.165) is 30.8 Å². The molecule has 0 spiro atoms. The highest BCUT2D eigenvalue weighted by Crippen LogP contribution is 2.39. The number of H-pyrrole nitrogens is 1. The Kier molecular flexibility index (Phi) is 3.33. The summed E-state index contributed by atoms with van der Waals surface area (Å²) in [5, 5.41) is 20.5. The normalized spacial score (nSPS) is 14.1. The minimum absolute atomic E-state index is 0.114. The van der Waals surface area contributed by atoms with Gasteiger partial charge in [0.25, 0.3) is 0 Å². The van der Waals surface area contributed by atoms with E-state index in [1.807, 2.05) is 0 Å². The Hall–Kier alpha value is -2.43. The lowest BCUT2D eigenvalue weighted by Gasteiger charge is -2.04. The molecule has 11 heteroatoms. The van der Waals surface area contributed by atoms with Gasteiger partial charge in [0, 0.05) is 13.1 Å². The molecule has 21 heavy (non-hydrogen) atoms. The highest BCUT2D eigenvalue weighted by atomic mass is 32.2. The smallest absolute Gasteiger partial charge is 0.344 e. The third-order valence-electron chi connectivity index (χ3n) is 2.93. The van der Waals surface area contributed by atoms with Gasteiger partial charge in [-0.25, -0.2) is 14.9 Å². The largest absolute Gasteiger partial charge is 0.357 e. The van der Waals surface area contributed by atoms with E-state index in [1.165, 1.54) is 4.57 Å². The molecular weight excluding hydrogens is 298 g/mol. The van der Waals surface area contributed by atoms with E-state index in [9.17, 15) is 14.9 Å². The Labute approximate surface area is 122 Å². The summed E-state index contributed by atoms with van der Waals surface area (Å²) in [6.45, 7) is 0. The van der Waals surface area contributed by atoms with Crippen LogP contribution in [0.25, 0.3) is 0 Å². The molecule has 1 saturated carbocycles. The summed E-state index contributed by atoms with van der Waals surface area (Å²) in [6, 6.07) is 0.114. The predicted octanol–water partition coefficient (Wildman–Crippen LogP) is 0.797. The highest BCUT2D eigenvalue weighted by molar-refractivity contribution is 7.99. The van der Waals surface area contributed by atoms with Crippen LogP contribution < -0.4 is 11.0 Å². The minimum atomic E-state index is -0.562. The molecule has 1 fully saturated rings. The van der Waals surface area contributed by atoms with E-state index >= 15 is 0 Å². The molecule has 2 heterocycles. The molecule has 0 bridgehead atoms. The third-order valence-corrected chi connectivity index (χ3v) is 3.89. The molecule has 1 aliphatic rings. The van der Waals surface area contributed by atoms with Crippen LogP contribution in [0.3, 0.4) is 0 Å². The maximum absolute atomic E-state index is 11.7. The van der Waals surface area contributed by atoms with Crippen LogP contribution >= 0.6 is 11.8 Å². The molecule has 1 aliphatic carbocycles. The summed E-state index contributed by atoms with van der Waals surface area (Å²) < 4.78 is 1.51. The number of aromatic amines is 1. The van der Waals surface area contributed by atoms with Crippen LogP contribution in [-0.2, 0) is 0 Å². The Morgan fingerprint density at radius 2 is 2.33 bits per heavy atom. The molecule has 2 N–H and O–H groups in total. The Balaban J connectivity index is 2.01. The van der Waals surface area contributed by atoms with Gasteiger partial charge < -0.3 is 5.32 Å². The second-order valence-electron chi connectivity index (χ2n) is 4.41. The van der Waals surface area contributed by atoms with E-state index in [2.05, 4.69) is 25.5 Å². The van der Waals surface area contributed by atoms with Gasteiger partial charge in [-0.3, -0.25) is 14.7 Å². The molecule has 2 aromatic rings. The average molecular weight is 309 g/mol. The molecule has 10 nitrogen and oxygen atoms in total. The molecular formula is C10H11N7O3S. The topological polar surface area (TPSA) is 132 Å². The van der Waals surface area contributed by atoms with Crippen molar-refractivity contribution in [2.45, 2.75) is 29.1 Å². The van der Waals surface area contributed by atoms with Gasteiger partial charge in [0.2, 0.25) is 5.95 Å². The monoisotopic (exact) mass is 309 g/mol. The lowest BCUT2D eigenvalue weighted by Crippen LogP contribution is -2.16. The van der Waals surface area contributed by atoms with Crippen LogP contribution in [0.2, 0.25) is 0 Å². The van der Waals surface area contributed by atoms with Crippen molar-refractivity contribution in [2.24, 2.45) is 0 Å². The molecule has 0 saturated heterocycles. The van der Waals surface area contributed by atoms with Gasteiger partial charge in [-0.05, 0) is 24.6 Å². The van der Waals surface area contributed by atoms with Gasteiger partial charge in [-0.2, -0.15) is 4.98 Å². The number of nitrogens with one attached hydrogen (secondary N) is 2. The van der Waals surface area contributed by atoms with Crippen LogP contribution in [0, 0.1) is 10.1 Å². The van der Waals surface area contributed by atoms with Crippen LogP contribution in [0.15, 0.2) is 21.2 Å². The zero-order valence-corrected chi connectivity index (χ0v) is 11.8. The number of nitrogens with zero attached hydrogens (tertiary/aromatic N) is 5. The summed E-state index contributed by atoms with van der Waals surface area (Å²) in [6.07, 6.45) is 2.94. The van der Waals surface area contributed by atoms with Crippen LogP contribution in [0.1, 0.15) is 18.9 Å². The molecule has 0 aromatic carbocycles. The van der Waals surface area contributed by atoms with E-state index in [-0.39, 0.29) is 28.4 Å². The Morgan fingerprint density at radius 3 is 2.95 bits per heavy atom. The van der Waals surface area contributed by atoms with Gasteiger partial charge in [-0.1, -0.05) is 0 Å². The Bertz CT molecular complexity index is 751. The molecule has 3 rings (SSSR count). The number of rotatable bonds is 5. The number of nitro groups is 1. The molecule has 0 radical (unpaired) electrons. The predicted molar refractivity (Wildman–Crippen MR) is 73.5 cm³/mol. The fourth-order valence-corrected chi connectivity index (χ4v) is 2.74. The van der Waals surface area contributed by atoms with E-state index < -0.39 is 4.92 Å². The summed E-state index contributed by atoms with van der Waals surface area (Å²) in [5.41, 5.74) is -0.539. The fourth-order valence-electron chi connectivity index (χ4n) is 1.78. The molecule has 0 unspecified atom stereocenters. The van der Waals surface area contributed by atoms with Crippen molar-refractivity contribution in [1.82, 2.24) is 24.7 Å². The number of aromatic nitrogens is 5. The van der Waals surface area contributed by atoms with Gasteiger partial charge in [0.05, 0.1) is 4.92 Å². The first kappa shape index (κ1) is 13.5. The standard InChI is InChI=1S/C10H11N7O3S/c1-11-8-12-4-6(17(19)20)7(13-8)21-10-15-14-9(18)16(10)5-2-3-5/h4-5H,2-3H2,1H3,(H,14,18)(H,11,12,13). The maximum Gasteiger partial charge on any atom is 0.344 e. The second-order valence-corrected chi connectivity index (χ2v) is 5.36. The van der Waals surface area contributed by atoms with E-state index in [0.29, 0.717) is 5.16 Å². The van der Waals surface area contributed by atoms with Crippen molar-refractivity contribution < 1.29 is 4.92 Å². The lowest BCUT2D eigenvalue weighted by atomic mass is 10.5. The maximum atomic E-state index is 11.7. The summed E-state index contributed by atoms with van der Waals surface area (Å²) in [5.74, 6) is 0.263. The van der Waals surface area contributed by atoms with E-state index in [4.69, 9.17) is 0 Å². The lowest BCUT2D eigenvalue weighted by molar-refractivity contribution is -0.388. The van der Waals surface area contributed by atoms with Crippen molar-refractivity contribution in [3.63, 3.8) is 0 Å². The van der Waals surface area contributed by atoms with Gasteiger partial charge in [0.15, 0.2) is 10.2 Å². The van der Waals surface area contributed by atoms with Crippen LogP contribution in [-0.4, -0.2) is 36.7 Å². The first-order valence-corrected chi connectivity index (χ1v) is 6.95. The van der Waals surface area contributed by atoms with Crippen molar-refractivity contribution in [1.29, 1.82) is 0 Å². The highest BCUT2D eigenvalue weighted by Gasteiger charge is 2.30. The fraction of sp³-hybridized carbons (Fsp3) is 0.400. The molecule has 0 amide bonds.